The molecule has 0 aliphatic rings. The summed E-state index contributed by atoms with van der Waals surface area (Å²) in [5.41, 5.74) is 4.81. The van der Waals surface area contributed by atoms with E-state index in [1.165, 1.54) is 16.5 Å². The van der Waals surface area contributed by atoms with E-state index in [1.807, 2.05) is 6.07 Å². The van der Waals surface area contributed by atoms with Crippen LogP contribution in [0.3, 0.4) is 0 Å². The summed E-state index contributed by atoms with van der Waals surface area (Å²) in [4.78, 5) is 4.84. The van der Waals surface area contributed by atoms with Crippen molar-refractivity contribution in [1.29, 1.82) is 0 Å². The molecule has 1 unspecified atom stereocenters. The van der Waals surface area contributed by atoms with Gasteiger partial charge in [-0.15, -0.1) is 11.3 Å². The number of hydrogen-bond acceptors (Lipinski definition) is 3. The molecule has 138 valence electrons. The summed E-state index contributed by atoms with van der Waals surface area (Å²) in [6.45, 7) is 4.55. The Morgan fingerprint density at radius 3 is 2.56 bits per heavy atom. The highest BCUT2D eigenvalue weighted by molar-refractivity contribution is 7.14. The Kier molecular flexibility index (Phi) is 4.99. The fourth-order valence-electron chi connectivity index (χ4n) is 3.62. The van der Waals surface area contributed by atoms with Gasteiger partial charge in [-0.3, -0.25) is 0 Å². The fourth-order valence-corrected chi connectivity index (χ4v) is 4.39. The van der Waals surface area contributed by atoms with Crippen LogP contribution in [0.1, 0.15) is 31.9 Å². The van der Waals surface area contributed by atoms with Crippen molar-refractivity contribution in [2.24, 2.45) is 13.0 Å². The second-order valence-electron chi connectivity index (χ2n) is 7.44. The monoisotopic (exact) mass is 375 g/mol. The molecule has 0 aliphatic heterocycles. The molecule has 0 fully saturated rings. The molecule has 1 N–H and O–H groups in total. The maximum atomic E-state index is 4.84. The van der Waals surface area contributed by atoms with Crippen LogP contribution in [-0.4, -0.2) is 9.55 Å². The van der Waals surface area contributed by atoms with E-state index in [0.717, 1.165) is 22.8 Å². The first-order valence-corrected chi connectivity index (χ1v) is 10.3. The third kappa shape index (κ3) is 3.76. The number of benzene rings is 2. The van der Waals surface area contributed by atoms with Crippen molar-refractivity contribution in [2.45, 2.75) is 26.3 Å². The van der Waals surface area contributed by atoms with E-state index in [4.69, 9.17) is 4.98 Å². The van der Waals surface area contributed by atoms with Crippen molar-refractivity contribution in [3.05, 3.63) is 71.7 Å². The molecule has 2 heterocycles. The quantitative estimate of drug-likeness (QED) is 0.417. The lowest BCUT2D eigenvalue weighted by atomic mass is 9.97. The molecule has 1 atom stereocenters. The lowest BCUT2D eigenvalue weighted by molar-refractivity contribution is 0.532. The van der Waals surface area contributed by atoms with Crippen molar-refractivity contribution in [1.82, 2.24) is 9.55 Å². The number of fused-ring (bicyclic) bond motifs is 1. The maximum Gasteiger partial charge on any atom is 0.183 e. The van der Waals surface area contributed by atoms with Crippen molar-refractivity contribution in [2.75, 3.05) is 5.32 Å². The van der Waals surface area contributed by atoms with E-state index in [1.54, 1.807) is 11.3 Å². The zero-order valence-corrected chi connectivity index (χ0v) is 16.8. The van der Waals surface area contributed by atoms with Crippen LogP contribution in [0.5, 0.6) is 0 Å². The lowest BCUT2D eigenvalue weighted by Gasteiger charge is -2.20. The Bertz CT molecular complexity index is 1030. The molecule has 27 heavy (non-hydrogen) atoms. The SMILES string of the molecule is CC(C)CC(Nc1nc(-c2ccccc2)cs1)c1cn(C)c2ccccc12. The molecule has 0 saturated heterocycles. The number of anilines is 1. The second kappa shape index (κ2) is 7.57. The molecule has 0 radical (unpaired) electrons. The van der Waals surface area contributed by atoms with Crippen molar-refractivity contribution < 1.29 is 0 Å². The molecule has 2 aromatic heterocycles. The Hall–Kier alpha value is -2.59. The standard InChI is InChI=1S/C23H25N3S/c1-16(2)13-20(19-14-26(3)22-12-8-7-11-18(19)22)24-23-25-21(15-27-23)17-9-5-4-6-10-17/h4-12,14-16,20H,13H2,1-3H3,(H,24,25). The van der Waals surface area contributed by atoms with E-state index in [2.05, 4.69) is 90.9 Å². The van der Waals surface area contributed by atoms with E-state index < -0.39 is 0 Å². The molecule has 4 aromatic rings. The number of nitrogens with zero attached hydrogens (tertiary/aromatic N) is 2. The number of rotatable bonds is 6. The molecular weight excluding hydrogens is 350 g/mol. The molecule has 2 aromatic carbocycles. The van der Waals surface area contributed by atoms with E-state index in [9.17, 15) is 0 Å². The van der Waals surface area contributed by atoms with Gasteiger partial charge in [0, 0.05) is 35.1 Å². The first-order chi connectivity index (χ1) is 13.1. The minimum absolute atomic E-state index is 0.242. The average molecular weight is 376 g/mol. The number of para-hydroxylation sites is 1. The van der Waals surface area contributed by atoms with Crippen LogP contribution in [-0.2, 0) is 7.05 Å². The summed E-state index contributed by atoms with van der Waals surface area (Å²) in [6.07, 6.45) is 3.32. The van der Waals surface area contributed by atoms with Crippen molar-refractivity contribution >= 4 is 27.4 Å². The third-order valence-corrected chi connectivity index (χ3v) is 5.66. The number of nitrogens with one attached hydrogen (secondary N) is 1. The van der Waals surface area contributed by atoms with Gasteiger partial charge in [0.2, 0.25) is 0 Å². The van der Waals surface area contributed by atoms with E-state index in [0.29, 0.717) is 5.92 Å². The molecule has 3 nitrogen and oxygen atoms in total. The lowest BCUT2D eigenvalue weighted by Crippen LogP contribution is -2.13. The average Bonchev–Trinajstić information content (AvgIpc) is 3.27. The summed E-state index contributed by atoms with van der Waals surface area (Å²) in [5, 5.41) is 8.15. The van der Waals surface area contributed by atoms with Gasteiger partial charge in [-0.25, -0.2) is 4.98 Å². The van der Waals surface area contributed by atoms with Crippen LogP contribution in [0, 0.1) is 5.92 Å². The molecular formula is C23H25N3S. The first-order valence-electron chi connectivity index (χ1n) is 9.43. The summed E-state index contributed by atoms with van der Waals surface area (Å²) in [5.74, 6) is 0.593. The second-order valence-corrected chi connectivity index (χ2v) is 8.30. The van der Waals surface area contributed by atoms with Gasteiger partial charge in [-0.05, 0) is 24.0 Å². The molecule has 0 aliphatic carbocycles. The first kappa shape index (κ1) is 17.8. The number of aromatic nitrogens is 2. The Morgan fingerprint density at radius 2 is 1.78 bits per heavy atom. The normalized spacial score (nSPS) is 12.6. The highest BCUT2D eigenvalue weighted by Gasteiger charge is 2.19. The smallest absolute Gasteiger partial charge is 0.183 e. The van der Waals surface area contributed by atoms with Gasteiger partial charge >= 0.3 is 0 Å². The minimum Gasteiger partial charge on any atom is -0.355 e. The van der Waals surface area contributed by atoms with Crippen LogP contribution < -0.4 is 5.32 Å². The summed E-state index contributed by atoms with van der Waals surface area (Å²) < 4.78 is 2.22. The van der Waals surface area contributed by atoms with Crippen LogP contribution >= 0.6 is 11.3 Å². The van der Waals surface area contributed by atoms with Crippen LogP contribution in [0.4, 0.5) is 5.13 Å². The van der Waals surface area contributed by atoms with Crippen LogP contribution in [0.2, 0.25) is 0 Å². The van der Waals surface area contributed by atoms with Gasteiger partial charge in [0.25, 0.3) is 0 Å². The van der Waals surface area contributed by atoms with Crippen molar-refractivity contribution in [3.63, 3.8) is 0 Å². The minimum atomic E-state index is 0.242. The number of hydrogen-bond donors (Lipinski definition) is 1. The molecule has 4 heteroatoms. The van der Waals surface area contributed by atoms with Gasteiger partial charge in [0.1, 0.15) is 0 Å². The summed E-state index contributed by atoms with van der Waals surface area (Å²) in [6, 6.07) is 19.2. The predicted molar refractivity (Wildman–Crippen MR) is 116 cm³/mol. The highest BCUT2D eigenvalue weighted by atomic mass is 32.1. The van der Waals surface area contributed by atoms with Crippen molar-refractivity contribution in [3.8, 4) is 11.3 Å². The number of thiazole rings is 1. The Balaban J connectivity index is 1.66. The molecule has 4 rings (SSSR count). The predicted octanol–water partition coefficient (Wildman–Crippen LogP) is 6.50. The zero-order chi connectivity index (χ0) is 18.8. The Labute approximate surface area is 164 Å². The van der Waals surface area contributed by atoms with Gasteiger partial charge in [-0.1, -0.05) is 62.4 Å². The highest BCUT2D eigenvalue weighted by Crippen LogP contribution is 2.34. The molecule has 0 saturated carbocycles. The molecule has 0 spiro atoms. The Morgan fingerprint density at radius 1 is 1.04 bits per heavy atom. The topological polar surface area (TPSA) is 29.9 Å². The van der Waals surface area contributed by atoms with E-state index in [-0.39, 0.29) is 6.04 Å². The van der Waals surface area contributed by atoms with Crippen LogP contribution in [0.15, 0.2) is 66.2 Å². The zero-order valence-electron chi connectivity index (χ0n) is 16.0. The van der Waals surface area contributed by atoms with Gasteiger partial charge in [0.15, 0.2) is 5.13 Å². The van der Waals surface area contributed by atoms with Gasteiger partial charge in [0.05, 0.1) is 11.7 Å². The number of aryl methyl sites for hydroxylation is 1. The van der Waals surface area contributed by atoms with Gasteiger partial charge < -0.3 is 9.88 Å². The molecule has 0 bridgehead atoms. The fraction of sp³-hybridized carbons (Fsp3) is 0.261. The van der Waals surface area contributed by atoms with E-state index >= 15 is 0 Å². The summed E-state index contributed by atoms with van der Waals surface area (Å²) >= 11 is 1.68. The van der Waals surface area contributed by atoms with Crippen LogP contribution in [0.25, 0.3) is 22.2 Å². The molecule has 0 amide bonds. The summed E-state index contributed by atoms with van der Waals surface area (Å²) in [7, 11) is 2.12. The largest absolute Gasteiger partial charge is 0.355 e. The third-order valence-electron chi connectivity index (χ3n) is 4.88. The maximum absolute atomic E-state index is 4.84. The van der Waals surface area contributed by atoms with Gasteiger partial charge in [-0.2, -0.15) is 0 Å².